The van der Waals surface area contributed by atoms with E-state index in [-0.39, 0.29) is 11.9 Å². The number of carbonyl (C=O) groups is 1. The molecule has 1 aromatic heterocycles. The first-order valence-electron chi connectivity index (χ1n) is 7.44. The summed E-state index contributed by atoms with van der Waals surface area (Å²) in [5.41, 5.74) is 8.49. The van der Waals surface area contributed by atoms with E-state index in [2.05, 4.69) is 5.32 Å². The average molecular weight is 284 g/mol. The zero-order valence-electron chi connectivity index (χ0n) is 12.0. The Labute approximate surface area is 124 Å². The molecule has 1 atom stereocenters. The number of hydrogen-bond donors (Lipinski definition) is 2. The molecule has 0 spiro atoms. The van der Waals surface area contributed by atoms with Gasteiger partial charge in [0.2, 0.25) is 0 Å². The highest BCUT2D eigenvalue weighted by Crippen LogP contribution is 2.30. The SMILES string of the molecule is NCCc1ccc(C(=O)NC2CCCc3occc32)cc1. The minimum absolute atomic E-state index is 0.0339. The number of aryl methyl sites for hydroxylation is 1. The van der Waals surface area contributed by atoms with Crippen molar-refractivity contribution in [2.75, 3.05) is 6.54 Å². The maximum absolute atomic E-state index is 12.3. The topological polar surface area (TPSA) is 68.3 Å². The van der Waals surface area contributed by atoms with E-state index in [1.807, 2.05) is 30.3 Å². The van der Waals surface area contributed by atoms with Crippen LogP contribution in [-0.2, 0) is 12.8 Å². The van der Waals surface area contributed by atoms with Crippen LogP contribution in [0.1, 0.15) is 46.1 Å². The van der Waals surface area contributed by atoms with E-state index in [9.17, 15) is 4.79 Å². The summed E-state index contributed by atoms with van der Waals surface area (Å²) in [5.74, 6) is 0.971. The van der Waals surface area contributed by atoms with Crippen LogP contribution in [0.3, 0.4) is 0 Å². The van der Waals surface area contributed by atoms with Gasteiger partial charge in [-0.25, -0.2) is 0 Å². The molecule has 3 N–H and O–H groups in total. The fraction of sp³-hybridized carbons (Fsp3) is 0.353. The van der Waals surface area contributed by atoms with Gasteiger partial charge in [-0.3, -0.25) is 4.79 Å². The predicted molar refractivity (Wildman–Crippen MR) is 81.1 cm³/mol. The minimum atomic E-state index is -0.0339. The highest BCUT2D eigenvalue weighted by Gasteiger charge is 2.24. The summed E-state index contributed by atoms with van der Waals surface area (Å²) >= 11 is 0. The van der Waals surface area contributed by atoms with Crippen LogP contribution < -0.4 is 11.1 Å². The molecule has 2 aromatic rings. The number of fused-ring (bicyclic) bond motifs is 1. The van der Waals surface area contributed by atoms with Gasteiger partial charge in [-0.05, 0) is 49.6 Å². The molecule has 1 heterocycles. The standard InChI is InChI=1S/C17H20N2O2/c18-10-8-12-4-6-13(7-5-12)17(20)19-15-2-1-3-16-14(15)9-11-21-16/h4-7,9,11,15H,1-3,8,10,18H2,(H,19,20). The van der Waals surface area contributed by atoms with Gasteiger partial charge in [0.1, 0.15) is 5.76 Å². The third-order valence-electron chi connectivity index (χ3n) is 4.01. The van der Waals surface area contributed by atoms with Gasteiger partial charge in [-0.2, -0.15) is 0 Å². The Balaban J connectivity index is 1.70. The maximum atomic E-state index is 12.3. The number of nitrogens with one attached hydrogen (secondary N) is 1. The highest BCUT2D eigenvalue weighted by molar-refractivity contribution is 5.94. The lowest BCUT2D eigenvalue weighted by Gasteiger charge is -2.22. The normalized spacial score (nSPS) is 17.3. The van der Waals surface area contributed by atoms with Gasteiger partial charge in [0.15, 0.2) is 0 Å². The van der Waals surface area contributed by atoms with Gasteiger partial charge in [-0.15, -0.1) is 0 Å². The Bertz CT molecular complexity index is 616. The molecule has 4 heteroatoms. The number of amides is 1. The Kier molecular flexibility index (Phi) is 4.06. The number of furan rings is 1. The molecule has 1 aromatic carbocycles. The quantitative estimate of drug-likeness (QED) is 0.906. The first-order chi connectivity index (χ1) is 10.3. The number of nitrogens with two attached hydrogens (primary N) is 1. The second kappa shape index (κ2) is 6.14. The van der Waals surface area contributed by atoms with Crippen LogP contribution >= 0.6 is 0 Å². The lowest BCUT2D eigenvalue weighted by Crippen LogP contribution is -2.30. The van der Waals surface area contributed by atoms with Crippen LogP contribution in [0.15, 0.2) is 41.0 Å². The number of carbonyl (C=O) groups excluding carboxylic acids is 1. The van der Waals surface area contributed by atoms with E-state index in [1.54, 1.807) is 6.26 Å². The Hall–Kier alpha value is -2.07. The summed E-state index contributed by atoms with van der Waals surface area (Å²) in [6.07, 6.45) is 5.51. The van der Waals surface area contributed by atoms with E-state index < -0.39 is 0 Å². The van der Waals surface area contributed by atoms with Crippen molar-refractivity contribution in [3.05, 3.63) is 59.0 Å². The molecule has 0 fully saturated rings. The summed E-state index contributed by atoms with van der Waals surface area (Å²) in [7, 11) is 0. The Morgan fingerprint density at radius 3 is 2.86 bits per heavy atom. The molecule has 0 bridgehead atoms. The smallest absolute Gasteiger partial charge is 0.251 e. The van der Waals surface area contributed by atoms with Crippen LogP contribution in [0.25, 0.3) is 0 Å². The van der Waals surface area contributed by atoms with Crippen molar-refractivity contribution >= 4 is 5.91 Å². The van der Waals surface area contributed by atoms with Gasteiger partial charge in [0.05, 0.1) is 12.3 Å². The molecule has 1 amide bonds. The molecule has 4 nitrogen and oxygen atoms in total. The average Bonchev–Trinajstić information content (AvgIpc) is 2.98. The van der Waals surface area contributed by atoms with Crippen molar-refractivity contribution in [1.82, 2.24) is 5.32 Å². The molecule has 0 aliphatic heterocycles. The number of rotatable bonds is 4. The second-order valence-corrected chi connectivity index (χ2v) is 5.45. The summed E-state index contributed by atoms with van der Waals surface area (Å²) in [6.45, 7) is 0.622. The van der Waals surface area contributed by atoms with Gasteiger partial charge in [0, 0.05) is 17.5 Å². The first-order valence-corrected chi connectivity index (χ1v) is 7.44. The lowest BCUT2D eigenvalue weighted by molar-refractivity contribution is 0.0932. The third kappa shape index (κ3) is 3.00. The van der Waals surface area contributed by atoms with Crippen LogP contribution in [0.2, 0.25) is 0 Å². The lowest BCUT2D eigenvalue weighted by atomic mass is 9.93. The number of benzene rings is 1. The Morgan fingerprint density at radius 1 is 1.29 bits per heavy atom. The summed E-state index contributed by atoms with van der Waals surface area (Å²) in [6, 6.07) is 9.67. The van der Waals surface area contributed by atoms with Crippen LogP contribution in [0, 0.1) is 0 Å². The summed E-state index contributed by atoms with van der Waals surface area (Å²) < 4.78 is 5.45. The van der Waals surface area contributed by atoms with Crippen molar-refractivity contribution in [3.63, 3.8) is 0 Å². The molecular weight excluding hydrogens is 264 g/mol. The molecule has 1 unspecified atom stereocenters. The fourth-order valence-electron chi connectivity index (χ4n) is 2.87. The molecule has 1 aliphatic rings. The number of hydrogen-bond acceptors (Lipinski definition) is 3. The van der Waals surface area contributed by atoms with Crippen molar-refractivity contribution < 1.29 is 9.21 Å². The predicted octanol–water partition coefficient (Wildman–Crippen LogP) is 2.59. The van der Waals surface area contributed by atoms with Crippen molar-refractivity contribution in [2.45, 2.75) is 31.7 Å². The zero-order valence-corrected chi connectivity index (χ0v) is 12.0. The van der Waals surface area contributed by atoms with Crippen molar-refractivity contribution in [2.24, 2.45) is 5.73 Å². The third-order valence-corrected chi connectivity index (χ3v) is 4.01. The zero-order chi connectivity index (χ0) is 14.7. The maximum Gasteiger partial charge on any atom is 0.251 e. The van der Waals surface area contributed by atoms with E-state index in [0.717, 1.165) is 42.6 Å². The first kappa shape index (κ1) is 13.9. The monoisotopic (exact) mass is 284 g/mol. The van der Waals surface area contributed by atoms with Crippen molar-refractivity contribution in [1.29, 1.82) is 0 Å². The van der Waals surface area contributed by atoms with Crippen molar-refractivity contribution in [3.8, 4) is 0 Å². The largest absolute Gasteiger partial charge is 0.469 e. The van der Waals surface area contributed by atoms with E-state index in [4.69, 9.17) is 10.2 Å². The van der Waals surface area contributed by atoms with Gasteiger partial charge in [-0.1, -0.05) is 12.1 Å². The van der Waals surface area contributed by atoms with E-state index in [1.165, 1.54) is 0 Å². The Morgan fingerprint density at radius 2 is 2.10 bits per heavy atom. The van der Waals surface area contributed by atoms with Gasteiger partial charge in [0.25, 0.3) is 5.91 Å². The van der Waals surface area contributed by atoms with E-state index >= 15 is 0 Å². The fourth-order valence-corrected chi connectivity index (χ4v) is 2.87. The molecule has 21 heavy (non-hydrogen) atoms. The molecule has 0 saturated carbocycles. The molecule has 3 rings (SSSR count). The highest BCUT2D eigenvalue weighted by atomic mass is 16.3. The second-order valence-electron chi connectivity index (χ2n) is 5.45. The van der Waals surface area contributed by atoms with Crippen LogP contribution in [0.5, 0.6) is 0 Å². The van der Waals surface area contributed by atoms with Crippen LogP contribution in [0.4, 0.5) is 0 Å². The molecule has 0 saturated heterocycles. The minimum Gasteiger partial charge on any atom is -0.469 e. The van der Waals surface area contributed by atoms with Gasteiger partial charge < -0.3 is 15.5 Å². The summed E-state index contributed by atoms with van der Waals surface area (Å²) in [4.78, 5) is 12.3. The summed E-state index contributed by atoms with van der Waals surface area (Å²) in [5, 5.41) is 3.11. The van der Waals surface area contributed by atoms with Crippen LogP contribution in [-0.4, -0.2) is 12.5 Å². The molecule has 110 valence electrons. The molecular formula is C17H20N2O2. The van der Waals surface area contributed by atoms with E-state index in [0.29, 0.717) is 12.1 Å². The van der Waals surface area contributed by atoms with Gasteiger partial charge >= 0.3 is 0 Å². The molecule has 0 radical (unpaired) electrons. The molecule has 1 aliphatic carbocycles.